The number of amides is 1. The van der Waals surface area contributed by atoms with E-state index in [9.17, 15) is 14.4 Å². The summed E-state index contributed by atoms with van der Waals surface area (Å²) in [5.74, 6) is -1.78. The largest absolute Gasteiger partial charge is 0.478 e. The first-order chi connectivity index (χ1) is 9.47. The van der Waals surface area contributed by atoms with E-state index in [0.717, 1.165) is 6.07 Å². The van der Waals surface area contributed by atoms with E-state index >= 15 is 0 Å². The van der Waals surface area contributed by atoms with Crippen LogP contribution in [-0.4, -0.2) is 27.2 Å². The molecule has 20 heavy (non-hydrogen) atoms. The number of nitrogens with one attached hydrogen (secondary N) is 2. The highest BCUT2D eigenvalue weighted by molar-refractivity contribution is 6.33. The maximum absolute atomic E-state index is 11.8. The van der Waals surface area contributed by atoms with Crippen molar-refractivity contribution in [3.05, 3.63) is 57.0 Å². The van der Waals surface area contributed by atoms with Gasteiger partial charge in [-0.1, -0.05) is 11.6 Å². The molecule has 0 fully saturated rings. The van der Waals surface area contributed by atoms with Crippen LogP contribution in [-0.2, 0) is 0 Å². The molecule has 1 aromatic carbocycles. The van der Waals surface area contributed by atoms with Crippen LogP contribution in [0.4, 0.5) is 5.69 Å². The number of anilines is 1. The first-order valence-electron chi connectivity index (χ1n) is 5.37. The Bertz CT molecular complexity index is 721. The van der Waals surface area contributed by atoms with Crippen molar-refractivity contribution in [1.82, 2.24) is 10.2 Å². The quantitative estimate of drug-likeness (QED) is 0.791. The van der Waals surface area contributed by atoms with Gasteiger partial charge >= 0.3 is 5.97 Å². The lowest BCUT2D eigenvalue weighted by Gasteiger charge is -2.06. The molecule has 0 saturated heterocycles. The summed E-state index contributed by atoms with van der Waals surface area (Å²) < 4.78 is 0. The summed E-state index contributed by atoms with van der Waals surface area (Å²) in [6.07, 6.45) is 0. The fourth-order valence-electron chi connectivity index (χ4n) is 1.43. The standard InChI is InChI=1S/C12H8ClN3O4/c13-8-2-1-6(5-7(8)12(19)20)14-11(18)9-3-4-10(17)16-15-9/h1-5H,(H,14,18)(H,16,17)(H,19,20). The Hall–Kier alpha value is -2.67. The molecule has 102 valence electrons. The number of hydrogen-bond acceptors (Lipinski definition) is 4. The van der Waals surface area contributed by atoms with E-state index in [0.29, 0.717) is 0 Å². The van der Waals surface area contributed by atoms with Crippen molar-refractivity contribution >= 4 is 29.2 Å². The van der Waals surface area contributed by atoms with Crippen LogP contribution in [0.1, 0.15) is 20.8 Å². The number of aromatic nitrogens is 2. The van der Waals surface area contributed by atoms with Crippen molar-refractivity contribution in [1.29, 1.82) is 0 Å². The molecule has 3 N–H and O–H groups in total. The van der Waals surface area contributed by atoms with Crippen LogP contribution >= 0.6 is 11.6 Å². The monoisotopic (exact) mass is 293 g/mol. The molecule has 2 aromatic rings. The van der Waals surface area contributed by atoms with Crippen LogP contribution in [0.3, 0.4) is 0 Å². The number of H-pyrrole nitrogens is 1. The molecule has 1 amide bonds. The highest BCUT2D eigenvalue weighted by Gasteiger charge is 2.12. The number of hydrogen-bond donors (Lipinski definition) is 3. The lowest BCUT2D eigenvalue weighted by atomic mass is 10.2. The zero-order valence-corrected chi connectivity index (χ0v) is 10.6. The first kappa shape index (κ1) is 13.8. The van der Waals surface area contributed by atoms with Gasteiger partial charge < -0.3 is 10.4 Å². The van der Waals surface area contributed by atoms with Gasteiger partial charge in [-0.3, -0.25) is 9.59 Å². The maximum Gasteiger partial charge on any atom is 0.337 e. The van der Waals surface area contributed by atoms with Gasteiger partial charge in [0.2, 0.25) is 0 Å². The van der Waals surface area contributed by atoms with Gasteiger partial charge in [0, 0.05) is 11.8 Å². The Labute approximate surface area is 117 Å². The fraction of sp³-hybridized carbons (Fsp3) is 0. The molecular weight excluding hydrogens is 286 g/mol. The normalized spacial score (nSPS) is 10.1. The summed E-state index contributed by atoms with van der Waals surface area (Å²) in [5, 5.41) is 17.1. The third-order valence-corrected chi connectivity index (χ3v) is 2.70. The molecule has 1 heterocycles. The van der Waals surface area contributed by atoms with Crippen LogP contribution in [0.2, 0.25) is 5.02 Å². The number of carbonyl (C=O) groups excluding carboxylic acids is 1. The minimum absolute atomic E-state index is 0.00331. The minimum atomic E-state index is -1.20. The van der Waals surface area contributed by atoms with Crippen LogP contribution in [0, 0.1) is 0 Å². The first-order valence-corrected chi connectivity index (χ1v) is 5.75. The van der Waals surface area contributed by atoms with Gasteiger partial charge in [-0.05, 0) is 24.3 Å². The topological polar surface area (TPSA) is 112 Å². The average Bonchev–Trinajstić information content (AvgIpc) is 2.41. The smallest absolute Gasteiger partial charge is 0.337 e. The zero-order chi connectivity index (χ0) is 14.7. The molecule has 0 bridgehead atoms. The molecule has 0 aliphatic carbocycles. The van der Waals surface area contributed by atoms with Gasteiger partial charge in [0.15, 0.2) is 0 Å². The number of carboxylic acids is 1. The van der Waals surface area contributed by atoms with Crippen molar-refractivity contribution in [3.8, 4) is 0 Å². The van der Waals surface area contributed by atoms with Gasteiger partial charge in [-0.15, -0.1) is 0 Å². The van der Waals surface area contributed by atoms with Crippen molar-refractivity contribution in [2.75, 3.05) is 5.32 Å². The lowest BCUT2D eigenvalue weighted by molar-refractivity contribution is 0.0696. The molecule has 0 spiro atoms. The van der Waals surface area contributed by atoms with Crippen LogP contribution in [0.5, 0.6) is 0 Å². The van der Waals surface area contributed by atoms with E-state index in [1.54, 1.807) is 0 Å². The second-order valence-corrected chi connectivity index (χ2v) is 4.17. The number of aromatic carboxylic acids is 1. The number of rotatable bonds is 3. The Morgan fingerprint density at radius 2 is 2.00 bits per heavy atom. The predicted molar refractivity (Wildman–Crippen MR) is 71.2 cm³/mol. The summed E-state index contributed by atoms with van der Waals surface area (Å²) in [4.78, 5) is 33.6. The predicted octanol–water partition coefficient (Wildman–Crippen LogP) is 1.37. The highest BCUT2D eigenvalue weighted by Crippen LogP contribution is 2.20. The van der Waals surface area contributed by atoms with Crippen LogP contribution < -0.4 is 10.9 Å². The van der Waals surface area contributed by atoms with Crippen molar-refractivity contribution < 1.29 is 14.7 Å². The molecule has 0 saturated carbocycles. The zero-order valence-electron chi connectivity index (χ0n) is 9.88. The van der Waals surface area contributed by atoms with Crippen molar-refractivity contribution in [2.24, 2.45) is 0 Å². The third kappa shape index (κ3) is 3.01. The number of carboxylic acid groups (broad SMARTS) is 1. The highest BCUT2D eigenvalue weighted by atomic mass is 35.5. The third-order valence-electron chi connectivity index (χ3n) is 2.37. The minimum Gasteiger partial charge on any atom is -0.478 e. The number of aromatic amines is 1. The molecule has 0 atom stereocenters. The summed E-state index contributed by atoms with van der Waals surface area (Å²) in [7, 11) is 0. The molecule has 7 nitrogen and oxygen atoms in total. The van der Waals surface area contributed by atoms with Crippen molar-refractivity contribution in [2.45, 2.75) is 0 Å². The van der Waals surface area contributed by atoms with Crippen molar-refractivity contribution in [3.63, 3.8) is 0 Å². The lowest BCUT2D eigenvalue weighted by Crippen LogP contribution is -2.17. The number of halogens is 1. The SMILES string of the molecule is O=C(Nc1ccc(Cl)c(C(=O)O)c1)c1ccc(=O)[nH]n1. The van der Waals surface area contributed by atoms with E-state index in [1.807, 2.05) is 0 Å². The summed E-state index contributed by atoms with van der Waals surface area (Å²) >= 11 is 5.72. The van der Waals surface area contributed by atoms with E-state index in [2.05, 4.69) is 15.5 Å². The van der Waals surface area contributed by atoms with E-state index in [1.165, 1.54) is 24.3 Å². The van der Waals surface area contributed by atoms with Crippen LogP contribution in [0.15, 0.2) is 35.1 Å². The van der Waals surface area contributed by atoms with Gasteiger partial charge in [0.25, 0.3) is 11.5 Å². The molecule has 0 unspecified atom stereocenters. The summed E-state index contributed by atoms with van der Waals surface area (Å²) in [6.45, 7) is 0. The molecule has 0 aliphatic heterocycles. The molecule has 0 radical (unpaired) electrons. The number of carbonyl (C=O) groups is 2. The average molecular weight is 294 g/mol. The molecule has 2 rings (SSSR count). The molecule has 8 heteroatoms. The van der Waals surface area contributed by atoms with Gasteiger partial charge in [0.1, 0.15) is 5.69 Å². The van der Waals surface area contributed by atoms with Crippen LogP contribution in [0.25, 0.3) is 0 Å². The fourth-order valence-corrected chi connectivity index (χ4v) is 1.63. The second-order valence-electron chi connectivity index (χ2n) is 3.76. The molecular formula is C12H8ClN3O4. The van der Waals surface area contributed by atoms with E-state index in [4.69, 9.17) is 16.7 Å². The summed E-state index contributed by atoms with van der Waals surface area (Å²) in [5.41, 5.74) is -0.304. The Balaban J connectivity index is 2.24. The Kier molecular flexibility index (Phi) is 3.81. The van der Waals surface area contributed by atoms with E-state index < -0.39 is 17.4 Å². The second kappa shape index (κ2) is 5.54. The number of benzene rings is 1. The molecule has 0 aliphatic rings. The Morgan fingerprint density at radius 3 is 2.60 bits per heavy atom. The maximum atomic E-state index is 11.8. The van der Waals surface area contributed by atoms with Gasteiger partial charge in [-0.25, -0.2) is 9.89 Å². The Morgan fingerprint density at radius 1 is 1.25 bits per heavy atom. The number of nitrogens with zero attached hydrogens (tertiary/aromatic N) is 1. The summed E-state index contributed by atoms with van der Waals surface area (Å²) in [6, 6.07) is 6.46. The van der Waals surface area contributed by atoms with Gasteiger partial charge in [-0.2, -0.15) is 5.10 Å². The van der Waals surface area contributed by atoms with E-state index in [-0.39, 0.29) is 22.0 Å². The molecule has 1 aromatic heterocycles. The van der Waals surface area contributed by atoms with Gasteiger partial charge in [0.05, 0.1) is 10.6 Å².